The van der Waals surface area contributed by atoms with Crippen LogP contribution in [0, 0.1) is 0 Å². The van der Waals surface area contributed by atoms with Gasteiger partial charge < -0.3 is 0 Å². The summed E-state index contributed by atoms with van der Waals surface area (Å²) in [4.78, 5) is 31.2. The largest absolute Gasteiger partial charge is 0.294 e. The van der Waals surface area contributed by atoms with E-state index in [9.17, 15) is 9.59 Å². The minimum Gasteiger partial charge on any atom is -0.294 e. The van der Waals surface area contributed by atoms with Crippen LogP contribution >= 0.6 is 11.8 Å². The molecule has 1 unspecified atom stereocenters. The Morgan fingerprint density at radius 2 is 2.09 bits per heavy atom. The maximum atomic E-state index is 12.6. The number of fused-ring (bicyclic) bond motifs is 1. The number of nitrogens with zero attached hydrogens (tertiary/aromatic N) is 2. The standard InChI is InChI=1S/C17H18N2O2S/c1-3-7-13(20)15-11(2)18-17-19(14(21)10-22-17)16(15)12-8-5-4-6-9-12/h4-6,8-9,17H,3,7,10H2,1-2H3. The monoisotopic (exact) mass is 314 g/mol. The molecule has 0 aliphatic carbocycles. The zero-order chi connectivity index (χ0) is 15.7. The minimum absolute atomic E-state index is 0.0203. The number of aliphatic imine (C=N–C) groups is 1. The number of allylic oxidation sites excluding steroid dienone is 1. The van der Waals surface area contributed by atoms with Crippen LogP contribution in [0.4, 0.5) is 0 Å². The molecule has 2 heterocycles. The molecule has 1 fully saturated rings. The van der Waals surface area contributed by atoms with E-state index in [1.165, 1.54) is 11.8 Å². The van der Waals surface area contributed by atoms with Crippen molar-refractivity contribution >= 4 is 34.9 Å². The van der Waals surface area contributed by atoms with E-state index in [2.05, 4.69) is 4.99 Å². The summed E-state index contributed by atoms with van der Waals surface area (Å²) >= 11 is 1.51. The summed E-state index contributed by atoms with van der Waals surface area (Å²) in [6.45, 7) is 3.85. The average Bonchev–Trinajstić information content (AvgIpc) is 2.88. The summed E-state index contributed by atoms with van der Waals surface area (Å²) in [5.41, 5.74) is 2.73. The number of Topliss-reactive ketones (excluding diaryl/α,β-unsaturated/α-hetero) is 1. The van der Waals surface area contributed by atoms with Gasteiger partial charge in [0.05, 0.1) is 17.0 Å². The molecule has 1 aromatic carbocycles. The minimum atomic E-state index is -0.235. The van der Waals surface area contributed by atoms with Crippen molar-refractivity contribution in [3.8, 4) is 0 Å². The van der Waals surface area contributed by atoms with Crippen LogP contribution in [0.15, 0.2) is 40.9 Å². The first-order chi connectivity index (χ1) is 10.6. The molecule has 5 heteroatoms. The number of thioether (sulfide) groups is 1. The predicted molar refractivity (Wildman–Crippen MR) is 89.5 cm³/mol. The molecule has 1 saturated heterocycles. The molecule has 22 heavy (non-hydrogen) atoms. The van der Waals surface area contributed by atoms with Crippen LogP contribution in [0.2, 0.25) is 0 Å². The van der Waals surface area contributed by atoms with Gasteiger partial charge in [-0.3, -0.25) is 19.5 Å². The summed E-state index contributed by atoms with van der Waals surface area (Å²) < 4.78 is 0. The van der Waals surface area contributed by atoms with E-state index in [4.69, 9.17) is 0 Å². The number of carbonyl (C=O) groups excluding carboxylic acids is 2. The van der Waals surface area contributed by atoms with Crippen LogP contribution in [-0.4, -0.2) is 33.6 Å². The molecule has 2 aliphatic heterocycles. The molecule has 4 nitrogen and oxygen atoms in total. The highest BCUT2D eigenvalue weighted by molar-refractivity contribution is 8.01. The molecular weight excluding hydrogens is 296 g/mol. The number of rotatable bonds is 4. The van der Waals surface area contributed by atoms with Crippen molar-refractivity contribution in [2.75, 3.05) is 5.75 Å². The molecule has 0 saturated carbocycles. The lowest BCUT2D eigenvalue weighted by atomic mass is 9.95. The molecule has 0 spiro atoms. The van der Waals surface area contributed by atoms with Crippen molar-refractivity contribution in [1.82, 2.24) is 4.90 Å². The Morgan fingerprint density at radius 1 is 1.36 bits per heavy atom. The molecular formula is C17H18N2O2S. The Morgan fingerprint density at radius 3 is 2.77 bits per heavy atom. The zero-order valence-electron chi connectivity index (χ0n) is 12.7. The second-order valence-corrected chi connectivity index (χ2v) is 6.42. The van der Waals surface area contributed by atoms with Gasteiger partial charge in [-0.25, -0.2) is 0 Å². The first kappa shape index (κ1) is 15.0. The first-order valence-electron chi connectivity index (χ1n) is 7.44. The third-order valence-electron chi connectivity index (χ3n) is 3.79. The van der Waals surface area contributed by atoms with Gasteiger partial charge in [0.2, 0.25) is 5.91 Å². The van der Waals surface area contributed by atoms with Crippen LogP contribution in [0.25, 0.3) is 5.70 Å². The fourth-order valence-electron chi connectivity index (χ4n) is 2.83. The predicted octanol–water partition coefficient (Wildman–Crippen LogP) is 3.10. The highest BCUT2D eigenvalue weighted by Gasteiger charge is 2.40. The third kappa shape index (κ3) is 2.50. The fourth-order valence-corrected chi connectivity index (χ4v) is 3.87. The van der Waals surface area contributed by atoms with E-state index in [1.54, 1.807) is 4.90 Å². The molecule has 114 valence electrons. The van der Waals surface area contributed by atoms with Crippen molar-refractivity contribution in [2.24, 2.45) is 4.99 Å². The SMILES string of the molecule is CCCC(=O)C1=C(c2ccccc2)N2C(=O)CSC2N=C1C. The topological polar surface area (TPSA) is 49.7 Å². The van der Waals surface area contributed by atoms with E-state index >= 15 is 0 Å². The van der Waals surface area contributed by atoms with Crippen LogP contribution < -0.4 is 0 Å². The lowest BCUT2D eigenvalue weighted by Crippen LogP contribution is -2.37. The highest BCUT2D eigenvalue weighted by Crippen LogP contribution is 2.39. The van der Waals surface area contributed by atoms with Gasteiger partial charge in [-0.1, -0.05) is 37.3 Å². The zero-order valence-corrected chi connectivity index (χ0v) is 13.5. The normalized spacial score (nSPS) is 21.0. The number of amides is 1. The van der Waals surface area contributed by atoms with E-state index < -0.39 is 0 Å². The molecule has 3 rings (SSSR count). The van der Waals surface area contributed by atoms with Gasteiger partial charge >= 0.3 is 0 Å². The summed E-state index contributed by atoms with van der Waals surface area (Å²) in [5, 5.41) is 0. The van der Waals surface area contributed by atoms with Gasteiger partial charge in [0, 0.05) is 12.1 Å². The molecule has 1 amide bonds. The quantitative estimate of drug-likeness (QED) is 0.858. The first-order valence-corrected chi connectivity index (χ1v) is 8.49. The van der Waals surface area contributed by atoms with Crippen molar-refractivity contribution in [3.63, 3.8) is 0 Å². The Bertz CT molecular complexity index is 679. The number of carbonyl (C=O) groups is 2. The Balaban J connectivity index is 2.20. The number of hydrogen-bond acceptors (Lipinski definition) is 4. The Labute approximate surface area is 134 Å². The third-order valence-corrected chi connectivity index (χ3v) is 4.82. The Kier molecular flexibility index (Phi) is 4.16. The summed E-state index contributed by atoms with van der Waals surface area (Å²) in [5.74, 6) is 0.491. The number of benzene rings is 1. The van der Waals surface area contributed by atoms with Crippen LogP contribution in [0.3, 0.4) is 0 Å². The van der Waals surface area contributed by atoms with Gasteiger partial charge in [-0.2, -0.15) is 0 Å². The van der Waals surface area contributed by atoms with Gasteiger partial charge in [0.25, 0.3) is 0 Å². The second kappa shape index (κ2) is 6.08. The van der Waals surface area contributed by atoms with Crippen LogP contribution in [-0.2, 0) is 9.59 Å². The average molecular weight is 314 g/mol. The highest BCUT2D eigenvalue weighted by atomic mass is 32.2. The van der Waals surface area contributed by atoms with Gasteiger partial charge in [0.1, 0.15) is 0 Å². The van der Waals surface area contributed by atoms with E-state index in [0.29, 0.717) is 17.7 Å². The maximum absolute atomic E-state index is 12.6. The summed E-state index contributed by atoms with van der Waals surface area (Å²) in [6, 6.07) is 9.67. The molecule has 1 atom stereocenters. The molecule has 0 bridgehead atoms. The van der Waals surface area contributed by atoms with Crippen molar-refractivity contribution < 1.29 is 9.59 Å². The molecule has 2 aliphatic rings. The second-order valence-electron chi connectivity index (χ2n) is 5.38. The van der Waals surface area contributed by atoms with Gasteiger partial charge in [-0.05, 0) is 18.9 Å². The molecule has 0 aromatic heterocycles. The smallest absolute Gasteiger partial charge is 0.239 e. The van der Waals surface area contributed by atoms with Gasteiger partial charge in [-0.15, -0.1) is 11.8 Å². The van der Waals surface area contributed by atoms with Crippen LogP contribution in [0.1, 0.15) is 32.3 Å². The van der Waals surface area contributed by atoms with Crippen LogP contribution in [0.5, 0.6) is 0 Å². The molecule has 0 N–H and O–H groups in total. The van der Waals surface area contributed by atoms with Crippen molar-refractivity contribution in [3.05, 3.63) is 41.5 Å². The number of ketones is 1. The van der Waals surface area contributed by atoms with E-state index in [-0.39, 0.29) is 17.2 Å². The maximum Gasteiger partial charge on any atom is 0.239 e. The lowest BCUT2D eigenvalue weighted by Gasteiger charge is -2.31. The summed E-state index contributed by atoms with van der Waals surface area (Å²) in [7, 11) is 0. The molecule has 1 aromatic rings. The van der Waals surface area contributed by atoms with Crippen molar-refractivity contribution in [2.45, 2.75) is 32.2 Å². The fraction of sp³-hybridized carbons (Fsp3) is 0.353. The number of hydrogen-bond donors (Lipinski definition) is 0. The van der Waals surface area contributed by atoms with E-state index in [1.807, 2.05) is 44.2 Å². The lowest BCUT2D eigenvalue weighted by molar-refractivity contribution is -0.124. The molecule has 0 radical (unpaired) electrons. The van der Waals surface area contributed by atoms with Gasteiger partial charge in [0.15, 0.2) is 11.3 Å². The Hall–Kier alpha value is -1.88. The summed E-state index contributed by atoms with van der Waals surface area (Å²) in [6.07, 6.45) is 1.25. The van der Waals surface area contributed by atoms with E-state index in [0.717, 1.165) is 23.4 Å². The van der Waals surface area contributed by atoms with Crippen molar-refractivity contribution in [1.29, 1.82) is 0 Å².